The fourth-order valence-corrected chi connectivity index (χ4v) is 2.22. The number of thioether (sulfide) groups is 1. The van der Waals surface area contributed by atoms with Crippen LogP contribution in [-0.2, 0) is 4.79 Å². The SMILES string of the molecule is COc1cc(Cl)c(SCC(=O)O)cc1Cl. The number of methoxy groups -OCH3 is 1. The van der Waals surface area contributed by atoms with Crippen LogP contribution in [-0.4, -0.2) is 23.9 Å². The van der Waals surface area contributed by atoms with Crippen molar-refractivity contribution in [1.29, 1.82) is 0 Å². The Labute approximate surface area is 101 Å². The second-order valence-corrected chi connectivity index (χ2v) is 4.43. The van der Waals surface area contributed by atoms with Gasteiger partial charge in [0.1, 0.15) is 5.75 Å². The highest BCUT2D eigenvalue weighted by Gasteiger charge is 2.09. The molecule has 0 unspecified atom stereocenters. The minimum absolute atomic E-state index is 0.0532. The standard InChI is InChI=1S/C9H8Cl2O3S/c1-14-7-2-6(11)8(3-5(7)10)15-4-9(12)13/h2-3H,4H2,1H3,(H,12,13). The zero-order valence-corrected chi connectivity index (χ0v) is 10.1. The summed E-state index contributed by atoms with van der Waals surface area (Å²) in [4.78, 5) is 11.0. The predicted octanol–water partition coefficient (Wildman–Crippen LogP) is 3.18. The Hall–Kier alpha value is -0.580. The van der Waals surface area contributed by atoms with Gasteiger partial charge in [-0.2, -0.15) is 0 Å². The van der Waals surface area contributed by atoms with E-state index in [1.54, 1.807) is 12.1 Å². The van der Waals surface area contributed by atoms with E-state index in [-0.39, 0.29) is 5.75 Å². The molecule has 0 spiro atoms. The molecule has 0 atom stereocenters. The van der Waals surface area contributed by atoms with E-state index in [1.165, 1.54) is 7.11 Å². The molecule has 0 aliphatic heterocycles. The van der Waals surface area contributed by atoms with Crippen molar-refractivity contribution in [2.24, 2.45) is 0 Å². The van der Waals surface area contributed by atoms with Crippen molar-refractivity contribution in [3.63, 3.8) is 0 Å². The fraction of sp³-hybridized carbons (Fsp3) is 0.222. The Morgan fingerprint density at radius 3 is 2.67 bits per heavy atom. The van der Waals surface area contributed by atoms with Crippen molar-refractivity contribution in [2.75, 3.05) is 12.9 Å². The topological polar surface area (TPSA) is 46.5 Å². The second-order valence-electron chi connectivity index (χ2n) is 2.60. The van der Waals surface area contributed by atoms with Crippen molar-refractivity contribution < 1.29 is 14.6 Å². The van der Waals surface area contributed by atoms with E-state index in [0.29, 0.717) is 20.7 Å². The van der Waals surface area contributed by atoms with Crippen molar-refractivity contribution in [3.8, 4) is 5.75 Å². The second kappa shape index (κ2) is 5.49. The first kappa shape index (κ1) is 12.5. The van der Waals surface area contributed by atoms with Gasteiger partial charge in [0.05, 0.1) is 22.9 Å². The molecule has 82 valence electrons. The molecule has 3 nitrogen and oxygen atoms in total. The summed E-state index contributed by atoms with van der Waals surface area (Å²) >= 11 is 12.9. The molecule has 1 aromatic carbocycles. The van der Waals surface area contributed by atoms with E-state index in [0.717, 1.165) is 11.8 Å². The normalized spacial score (nSPS) is 10.1. The van der Waals surface area contributed by atoms with Crippen LogP contribution in [0, 0.1) is 0 Å². The summed E-state index contributed by atoms with van der Waals surface area (Å²) in [6.45, 7) is 0. The number of rotatable bonds is 4. The fourth-order valence-electron chi connectivity index (χ4n) is 0.917. The number of ether oxygens (including phenoxy) is 1. The third kappa shape index (κ3) is 3.48. The van der Waals surface area contributed by atoms with E-state index in [9.17, 15) is 4.79 Å². The maximum Gasteiger partial charge on any atom is 0.313 e. The van der Waals surface area contributed by atoms with Crippen LogP contribution in [0.2, 0.25) is 10.0 Å². The Kier molecular flexibility index (Phi) is 4.57. The number of hydrogen-bond acceptors (Lipinski definition) is 3. The summed E-state index contributed by atoms with van der Waals surface area (Å²) < 4.78 is 4.96. The van der Waals surface area contributed by atoms with Crippen LogP contribution in [0.15, 0.2) is 17.0 Å². The summed E-state index contributed by atoms with van der Waals surface area (Å²) in [5.41, 5.74) is 0. The Morgan fingerprint density at radius 2 is 2.13 bits per heavy atom. The van der Waals surface area contributed by atoms with Crippen LogP contribution in [0.5, 0.6) is 5.75 Å². The van der Waals surface area contributed by atoms with Gasteiger partial charge in [0.15, 0.2) is 0 Å². The number of halogens is 2. The lowest BCUT2D eigenvalue weighted by atomic mass is 10.3. The van der Waals surface area contributed by atoms with Crippen molar-refractivity contribution in [1.82, 2.24) is 0 Å². The monoisotopic (exact) mass is 266 g/mol. The summed E-state index contributed by atoms with van der Waals surface area (Å²) in [6, 6.07) is 3.16. The van der Waals surface area contributed by atoms with Gasteiger partial charge in [0, 0.05) is 11.0 Å². The molecule has 0 fully saturated rings. The van der Waals surface area contributed by atoms with Crippen molar-refractivity contribution >= 4 is 40.9 Å². The average Bonchev–Trinajstić information content (AvgIpc) is 2.18. The molecular weight excluding hydrogens is 259 g/mol. The molecule has 0 aliphatic rings. The zero-order valence-electron chi connectivity index (χ0n) is 7.79. The first-order valence-electron chi connectivity index (χ1n) is 3.92. The summed E-state index contributed by atoms with van der Waals surface area (Å²) in [7, 11) is 1.49. The molecule has 1 aromatic rings. The highest BCUT2D eigenvalue weighted by atomic mass is 35.5. The highest BCUT2D eigenvalue weighted by molar-refractivity contribution is 8.00. The lowest BCUT2D eigenvalue weighted by molar-refractivity contribution is -0.133. The van der Waals surface area contributed by atoms with Crippen LogP contribution in [0.1, 0.15) is 0 Å². The summed E-state index contributed by atoms with van der Waals surface area (Å²) in [5.74, 6) is -0.480. The molecule has 0 amide bonds. The van der Waals surface area contributed by atoms with Crippen LogP contribution in [0.3, 0.4) is 0 Å². The number of carboxylic acids is 1. The van der Waals surface area contributed by atoms with E-state index >= 15 is 0 Å². The molecule has 15 heavy (non-hydrogen) atoms. The van der Waals surface area contributed by atoms with Crippen LogP contribution >= 0.6 is 35.0 Å². The van der Waals surface area contributed by atoms with Gasteiger partial charge in [-0.25, -0.2) is 0 Å². The number of carboxylic acid groups (broad SMARTS) is 1. The van der Waals surface area contributed by atoms with Gasteiger partial charge in [0.25, 0.3) is 0 Å². The highest BCUT2D eigenvalue weighted by Crippen LogP contribution is 2.35. The number of hydrogen-bond donors (Lipinski definition) is 1. The molecular formula is C9H8Cl2O3S. The smallest absolute Gasteiger partial charge is 0.313 e. The summed E-state index contributed by atoms with van der Waals surface area (Å²) in [5, 5.41) is 9.36. The van der Waals surface area contributed by atoms with E-state index in [1.807, 2.05) is 0 Å². The first-order valence-corrected chi connectivity index (χ1v) is 5.66. The molecule has 1 rings (SSSR count). The van der Waals surface area contributed by atoms with Gasteiger partial charge < -0.3 is 9.84 Å². The van der Waals surface area contributed by atoms with Crippen molar-refractivity contribution in [3.05, 3.63) is 22.2 Å². The number of carbonyl (C=O) groups is 1. The molecule has 0 aromatic heterocycles. The minimum Gasteiger partial charge on any atom is -0.495 e. The first-order chi connectivity index (χ1) is 7.04. The van der Waals surface area contributed by atoms with Gasteiger partial charge in [-0.1, -0.05) is 23.2 Å². The van der Waals surface area contributed by atoms with E-state index in [4.69, 9.17) is 33.0 Å². The molecule has 0 radical (unpaired) electrons. The molecule has 1 N–H and O–H groups in total. The predicted molar refractivity (Wildman–Crippen MR) is 61.4 cm³/mol. The Bertz CT molecular complexity index is 382. The number of benzene rings is 1. The van der Waals surface area contributed by atoms with Gasteiger partial charge in [-0.15, -0.1) is 11.8 Å². The third-order valence-electron chi connectivity index (χ3n) is 1.56. The van der Waals surface area contributed by atoms with Gasteiger partial charge in [-0.3, -0.25) is 4.79 Å². The van der Waals surface area contributed by atoms with Gasteiger partial charge in [-0.05, 0) is 6.07 Å². The lowest BCUT2D eigenvalue weighted by Gasteiger charge is -2.07. The third-order valence-corrected chi connectivity index (χ3v) is 3.32. The number of aliphatic carboxylic acids is 1. The Morgan fingerprint density at radius 1 is 1.47 bits per heavy atom. The molecule has 0 saturated carbocycles. The molecule has 0 aliphatic carbocycles. The van der Waals surface area contributed by atoms with E-state index < -0.39 is 5.97 Å². The minimum atomic E-state index is -0.900. The summed E-state index contributed by atoms with van der Waals surface area (Å²) in [6.07, 6.45) is 0. The molecule has 0 bridgehead atoms. The molecule has 6 heteroatoms. The average molecular weight is 267 g/mol. The van der Waals surface area contributed by atoms with E-state index in [2.05, 4.69) is 0 Å². The quantitative estimate of drug-likeness (QED) is 0.851. The van der Waals surface area contributed by atoms with Crippen LogP contribution in [0.4, 0.5) is 0 Å². The van der Waals surface area contributed by atoms with Crippen LogP contribution < -0.4 is 4.74 Å². The van der Waals surface area contributed by atoms with Crippen molar-refractivity contribution in [2.45, 2.75) is 4.90 Å². The molecule has 0 saturated heterocycles. The Balaban J connectivity index is 2.90. The zero-order chi connectivity index (χ0) is 11.4. The maximum atomic E-state index is 10.4. The maximum absolute atomic E-state index is 10.4. The van der Waals surface area contributed by atoms with Crippen LogP contribution in [0.25, 0.3) is 0 Å². The van der Waals surface area contributed by atoms with Gasteiger partial charge in [0.2, 0.25) is 0 Å². The largest absolute Gasteiger partial charge is 0.495 e. The lowest BCUT2D eigenvalue weighted by Crippen LogP contribution is -1.97. The van der Waals surface area contributed by atoms with Gasteiger partial charge >= 0.3 is 5.97 Å². The molecule has 0 heterocycles.